The number of aliphatic hydroxyl groups is 1. The average Bonchev–Trinajstić information content (AvgIpc) is 2.37. The van der Waals surface area contributed by atoms with Crippen LogP contribution in [0.4, 0.5) is 5.69 Å². The van der Waals surface area contributed by atoms with Gasteiger partial charge in [-0.2, -0.15) is 0 Å². The van der Waals surface area contributed by atoms with Crippen molar-refractivity contribution < 1.29 is 9.90 Å². The highest BCUT2D eigenvalue weighted by Gasteiger charge is 2.23. The smallest absolute Gasteiger partial charge is 0.253 e. The Morgan fingerprint density at radius 3 is 2.94 bits per heavy atom. The predicted octanol–water partition coefficient (Wildman–Crippen LogP) is 0.878. The largest absolute Gasteiger partial charge is 0.391 e. The minimum atomic E-state index is -0.395. The van der Waals surface area contributed by atoms with Gasteiger partial charge in [0.1, 0.15) is 0 Å². The lowest BCUT2D eigenvalue weighted by atomic mass is 10.1. The Kier molecular flexibility index (Phi) is 3.84. The number of nitrogens with one attached hydrogen (secondary N) is 1. The van der Waals surface area contributed by atoms with Crippen LogP contribution in [0, 0.1) is 6.92 Å². The monoisotopic (exact) mass is 249 g/mol. The molecule has 0 aromatic heterocycles. The summed E-state index contributed by atoms with van der Waals surface area (Å²) in [7, 11) is 0. The number of likely N-dealkylation sites (tertiary alicyclic amines) is 1. The van der Waals surface area contributed by atoms with Gasteiger partial charge in [0.15, 0.2) is 0 Å². The van der Waals surface area contributed by atoms with Crippen LogP contribution in [-0.2, 0) is 0 Å². The second-order valence-corrected chi connectivity index (χ2v) is 4.72. The van der Waals surface area contributed by atoms with Crippen LogP contribution in [0.25, 0.3) is 0 Å². The molecule has 1 unspecified atom stereocenters. The van der Waals surface area contributed by atoms with E-state index in [1.807, 2.05) is 13.0 Å². The van der Waals surface area contributed by atoms with Gasteiger partial charge in [-0.3, -0.25) is 10.6 Å². The van der Waals surface area contributed by atoms with Crippen molar-refractivity contribution in [2.75, 3.05) is 18.5 Å². The van der Waals surface area contributed by atoms with Crippen LogP contribution in [-0.4, -0.2) is 35.1 Å². The molecule has 18 heavy (non-hydrogen) atoms. The van der Waals surface area contributed by atoms with E-state index >= 15 is 0 Å². The van der Waals surface area contributed by atoms with E-state index in [2.05, 4.69) is 5.43 Å². The molecule has 1 amide bonds. The lowest BCUT2D eigenvalue weighted by molar-refractivity contribution is 0.0473. The lowest BCUT2D eigenvalue weighted by Crippen LogP contribution is -2.42. The average molecular weight is 249 g/mol. The van der Waals surface area contributed by atoms with E-state index in [9.17, 15) is 9.90 Å². The van der Waals surface area contributed by atoms with Gasteiger partial charge < -0.3 is 15.4 Å². The van der Waals surface area contributed by atoms with Crippen LogP contribution in [0.2, 0.25) is 0 Å². The number of rotatable bonds is 2. The number of nitrogens with zero attached hydrogens (tertiary/aromatic N) is 1. The number of aryl methyl sites for hydroxylation is 1. The molecule has 1 heterocycles. The normalized spacial score (nSPS) is 19.7. The molecule has 0 spiro atoms. The molecule has 5 heteroatoms. The molecule has 4 N–H and O–H groups in total. The number of hydrazine groups is 1. The number of β-amino-alcohol motifs (C(OH)–C–C–N with tert-alkyl or cyclic N) is 1. The van der Waals surface area contributed by atoms with Crippen LogP contribution in [0.15, 0.2) is 18.2 Å². The number of hydrogen-bond acceptors (Lipinski definition) is 4. The number of piperidine rings is 1. The number of benzene rings is 1. The van der Waals surface area contributed by atoms with E-state index < -0.39 is 6.10 Å². The maximum absolute atomic E-state index is 12.3. The van der Waals surface area contributed by atoms with E-state index in [1.165, 1.54) is 0 Å². The van der Waals surface area contributed by atoms with Gasteiger partial charge >= 0.3 is 0 Å². The Morgan fingerprint density at radius 2 is 2.33 bits per heavy atom. The summed E-state index contributed by atoms with van der Waals surface area (Å²) in [6, 6.07) is 5.37. The molecule has 0 aliphatic carbocycles. The van der Waals surface area contributed by atoms with Gasteiger partial charge in [-0.05, 0) is 43.5 Å². The predicted molar refractivity (Wildman–Crippen MR) is 70.1 cm³/mol. The highest BCUT2D eigenvalue weighted by molar-refractivity contribution is 5.95. The number of aliphatic hydroxyl groups excluding tert-OH is 1. The van der Waals surface area contributed by atoms with E-state index in [0.29, 0.717) is 18.7 Å². The Bertz CT molecular complexity index is 448. The van der Waals surface area contributed by atoms with Crippen molar-refractivity contribution in [1.82, 2.24) is 4.90 Å². The van der Waals surface area contributed by atoms with Gasteiger partial charge in [0.05, 0.1) is 11.8 Å². The summed E-state index contributed by atoms with van der Waals surface area (Å²) >= 11 is 0. The first-order chi connectivity index (χ1) is 8.61. The van der Waals surface area contributed by atoms with Gasteiger partial charge in [0.2, 0.25) is 0 Å². The summed E-state index contributed by atoms with van der Waals surface area (Å²) < 4.78 is 0. The van der Waals surface area contributed by atoms with E-state index in [0.717, 1.165) is 24.1 Å². The molecule has 0 bridgehead atoms. The Hall–Kier alpha value is -1.59. The molecule has 1 aromatic carbocycles. The van der Waals surface area contributed by atoms with Gasteiger partial charge in [-0.15, -0.1) is 0 Å². The first-order valence-corrected chi connectivity index (χ1v) is 6.16. The van der Waals surface area contributed by atoms with Crippen LogP contribution in [0.3, 0.4) is 0 Å². The summed E-state index contributed by atoms with van der Waals surface area (Å²) in [5.41, 5.74) is 4.96. The molecular weight excluding hydrogens is 230 g/mol. The molecule has 1 saturated heterocycles. The fourth-order valence-corrected chi connectivity index (χ4v) is 2.28. The molecule has 1 aromatic rings. The number of carbonyl (C=O) groups excluding carboxylic acids is 1. The molecule has 0 saturated carbocycles. The van der Waals surface area contributed by atoms with E-state index in [1.54, 1.807) is 17.0 Å². The summed E-state index contributed by atoms with van der Waals surface area (Å²) in [5.74, 6) is 5.33. The van der Waals surface area contributed by atoms with Gasteiger partial charge in [-0.1, -0.05) is 0 Å². The summed E-state index contributed by atoms with van der Waals surface area (Å²) in [6.07, 6.45) is 1.24. The topological polar surface area (TPSA) is 78.6 Å². The Morgan fingerprint density at radius 1 is 1.56 bits per heavy atom. The van der Waals surface area contributed by atoms with Crippen LogP contribution < -0.4 is 11.3 Å². The Labute approximate surface area is 107 Å². The van der Waals surface area contributed by atoms with Crippen LogP contribution >= 0.6 is 0 Å². The fraction of sp³-hybridized carbons (Fsp3) is 0.462. The third-order valence-electron chi connectivity index (χ3n) is 3.31. The molecule has 98 valence electrons. The summed E-state index contributed by atoms with van der Waals surface area (Å²) in [6.45, 7) is 3.04. The number of nitrogen functional groups attached to an aromatic ring is 1. The third-order valence-corrected chi connectivity index (χ3v) is 3.31. The van der Waals surface area contributed by atoms with Crippen molar-refractivity contribution in [1.29, 1.82) is 0 Å². The lowest BCUT2D eigenvalue weighted by Gasteiger charge is -2.30. The number of nitrogens with two attached hydrogens (primary N) is 1. The first kappa shape index (κ1) is 12.9. The van der Waals surface area contributed by atoms with Gasteiger partial charge in [0, 0.05) is 18.7 Å². The number of anilines is 1. The van der Waals surface area contributed by atoms with Crippen molar-refractivity contribution in [3.05, 3.63) is 29.3 Å². The zero-order valence-corrected chi connectivity index (χ0v) is 10.5. The molecule has 1 atom stereocenters. The van der Waals surface area contributed by atoms with Crippen LogP contribution in [0.1, 0.15) is 28.8 Å². The number of amides is 1. The maximum Gasteiger partial charge on any atom is 0.253 e. The van der Waals surface area contributed by atoms with E-state index in [-0.39, 0.29) is 5.91 Å². The fourth-order valence-electron chi connectivity index (χ4n) is 2.28. The standard InChI is InChI=1S/C13H19N3O2/c1-9-7-10(4-5-12(9)15-14)13(18)16-6-2-3-11(17)8-16/h4-5,7,11,15,17H,2-3,6,8,14H2,1H3. The van der Waals surface area contributed by atoms with Crippen molar-refractivity contribution in [2.45, 2.75) is 25.9 Å². The van der Waals surface area contributed by atoms with Gasteiger partial charge in [-0.25, -0.2) is 0 Å². The molecule has 5 nitrogen and oxygen atoms in total. The van der Waals surface area contributed by atoms with Crippen molar-refractivity contribution in [3.63, 3.8) is 0 Å². The van der Waals surface area contributed by atoms with Gasteiger partial charge in [0.25, 0.3) is 5.91 Å². The van der Waals surface area contributed by atoms with Crippen molar-refractivity contribution >= 4 is 11.6 Å². The highest BCUT2D eigenvalue weighted by Crippen LogP contribution is 2.18. The molecule has 1 fully saturated rings. The van der Waals surface area contributed by atoms with E-state index in [4.69, 9.17) is 5.84 Å². The van der Waals surface area contributed by atoms with Crippen LogP contribution in [0.5, 0.6) is 0 Å². The molecule has 0 radical (unpaired) electrons. The third kappa shape index (κ3) is 2.63. The number of hydrogen-bond donors (Lipinski definition) is 3. The molecular formula is C13H19N3O2. The Balaban J connectivity index is 2.15. The SMILES string of the molecule is Cc1cc(C(=O)N2CCCC(O)C2)ccc1NN. The zero-order valence-electron chi connectivity index (χ0n) is 10.5. The molecule has 1 aliphatic heterocycles. The maximum atomic E-state index is 12.3. The van der Waals surface area contributed by atoms with Crippen molar-refractivity contribution in [2.24, 2.45) is 5.84 Å². The summed E-state index contributed by atoms with van der Waals surface area (Å²) in [5, 5.41) is 9.59. The molecule has 2 rings (SSSR count). The summed E-state index contributed by atoms with van der Waals surface area (Å²) in [4.78, 5) is 14.0. The number of carbonyl (C=O) groups is 1. The second-order valence-electron chi connectivity index (χ2n) is 4.72. The first-order valence-electron chi connectivity index (χ1n) is 6.16. The minimum absolute atomic E-state index is 0.0274. The minimum Gasteiger partial charge on any atom is -0.391 e. The second kappa shape index (κ2) is 5.37. The molecule has 1 aliphatic rings. The highest BCUT2D eigenvalue weighted by atomic mass is 16.3. The van der Waals surface area contributed by atoms with Crippen molar-refractivity contribution in [3.8, 4) is 0 Å². The zero-order chi connectivity index (χ0) is 13.1. The quantitative estimate of drug-likeness (QED) is 0.537.